The molecule has 0 bridgehead atoms. The largest absolute Gasteiger partial charge is 0.381 e. The van der Waals surface area contributed by atoms with Crippen LogP contribution in [0.1, 0.15) is 16.8 Å². The van der Waals surface area contributed by atoms with Crippen LogP contribution in [0.3, 0.4) is 0 Å². The summed E-state index contributed by atoms with van der Waals surface area (Å²) in [5.74, 6) is 0.0247. The molecule has 0 aliphatic heterocycles. The van der Waals surface area contributed by atoms with Crippen molar-refractivity contribution in [3.63, 3.8) is 0 Å². The number of hydrogen-bond acceptors (Lipinski definition) is 3. The third-order valence-corrected chi connectivity index (χ3v) is 3.42. The Morgan fingerprint density at radius 1 is 1.30 bits per heavy atom. The van der Waals surface area contributed by atoms with Gasteiger partial charge in [-0.15, -0.1) is 0 Å². The summed E-state index contributed by atoms with van der Waals surface area (Å²) in [4.78, 5) is 11.3. The molecule has 2 rings (SSSR count). The number of hydrogen-bond donors (Lipinski definition) is 2. The molecule has 1 amide bonds. The Balaban J connectivity index is 1.94. The summed E-state index contributed by atoms with van der Waals surface area (Å²) < 4.78 is 1.86. The molecule has 0 spiro atoms. The fourth-order valence-corrected chi connectivity index (χ4v) is 1.93. The molecule has 1 heterocycles. The molecular weight excluding hydrogens is 252 g/mol. The SMILES string of the molecule is CNC(=O)Cc1ccc(NCc2cnn(C)c2C)cc1. The van der Waals surface area contributed by atoms with E-state index >= 15 is 0 Å². The number of rotatable bonds is 5. The van der Waals surface area contributed by atoms with Gasteiger partial charge in [0.1, 0.15) is 0 Å². The van der Waals surface area contributed by atoms with Gasteiger partial charge in [-0.05, 0) is 24.6 Å². The van der Waals surface area contributed by atoms with Crippen LogP contribution in [0, 0.1) is 6.92 Å². The number of carbonyl (C=O) groups is 1. The molecule has 1 aromatic carbocycles. The van der Waals surface area contributed by atoms with Gasteiger partial charge in [-0.25, -0.2) is 0 Å². The molecule has 5 nitrogen and oxygen atoms in total. The minimum absolute atomic E-state index is 0.0247. The highest BCUT2D eigenvalue weighted by molar-refractivity contribution is 5.78. The van der Waals surface area contributed by atoms with E-state index in [4.69, 9.17) is 0 Å². The smallest absolute Gasteiger partial charge is 0.224 e. The highest BCUT2D eigenvalue weighted by Crippen LogP contribution is 2.13. The number of carbonyl (C=O) groups excluding carboxylic acids is 1. The zero-order valence-electron chi connectivity index (χ0n) is 12.1. The summed E-state index contributed by atoms with van der Waals surface area (Å²) in [6, 6.07) is 7.91. The highest BCUT2D eigenvalue weighted by atomic mass is 16.1. The first-order valence-electron chi connectivity index (χ1n) is 6.61. The van der Waals surface area contributed by atoms with Crippen LogP contribution >= 0.6 is 0 Å². The summed E-state index contributed by atoms with van der Waals surface area (Å²) in [6.45, 7) is 2.80. The lowest BCUT2D eigenvalue weighted by atomic mass is 10.1. The number of benzene rings is 1. The number of nitrogens with zero attached hydrogens (tertiary/aromatic N) is 2. The molecule has 2 N–H and O–H groups in total. The topological polar surface area (TPSA) is 59.0 Å². The van der Waals surface area contributed by atoms with Crippen LogP contribution in [0.4, 0.5) is 5.69 Å². The third kappa shape index (κ3) is 3.38. The van der Waals surface area contributed by atoms with E-state index < -0.39 is 0 Å². The molecule has 0 aliphatic rings. The minimum Gasteiger partial charge on any atom is -0.381 e. The van der Waals surface area contributed by atoms with Gasteiger partial charge < -0.3 is 10.6 Å². The molecule has 0 atom stereocenters. The van der Waals surface area contributed by atoms with E-state index in [1.54, 1.807) is 7.05 Å². The van der Waals surface area contributed by atoms with Crippen molar-refractivity contribution in [3.05, 3.63) is 47.3 Å². The van der Waals surface area contributed by atoms with Gasteiger partial charge in [0, 0.05) is 37.6 Å². The van der Waals surface area contributed by atoms with Crippen molar-refractivity contribution < 1.29 is 4.79 Å². The fourth-order valence-electron chi connectivity index (χ4n) is 1.93. The van der Waals surface area contributed by atoms with Crippen LogP contribution in [-0.2, 0) is 24.8 Å². The van der Waals surface area contributed by atoms with Gasteiger partial charge in [0.15, 0.2) is 0 Å². The maximum absolute atomic E-state index is 11.3. The summed E-state index contributed by atoms with van der Waals surface area (Å²) in [5.41, 5.74) is 4.39. The number of anilines is 1. The second-order valence-electron chi connectivity index (χ2n) is 4.78. The number of aryl methyl sites for hydroxylation is 1. The first kappa shape index (κ1) is 14.1. The van der Waals surface area contributed by atoms with Crippen molar-refractivity contribution in [3.8, 4) is 0 Å². The number of aromatic nitrogens is 2. The molecule has 20 heavy (non-hydrogen) atoms. The standard InChI is InChI=1S/C15H20N4O/c1-11-13(10-18-19(11)3)9-17-14-6-4-12(5-7-14)8-15(20)16-2/h4-7,10,17H,8-9H2,1-3H3,(H,16,20). The van der Waals surface area contributed by atoms with E-state index in [2.05, 4.69) is 22.7 Å². The van der Waals surface area contributed by atoms with Crippen molar-refractivity contribution in [1.82, 2.24) is 15.1 Å². The number of likely N-dealkylation sites (N-methyl/N-ethyl adjacent to an activating group) is 1. The molecule has 0 fully saturated rings. The van der Waals surface area contributed by atoms with Crippen molar-refractivity contribution in [2.75, 3.05) is 12.4 Å². The van der Waals surface area contributed by atoms with Crippen molar-refractivity contribution in [1.29, 1.82) is 0 Å². The second kappa shape index (κ2) is 6.23. The van der Waals surface area contributed by atoms with E-state index in [0.29, 0.717) is 6.42 Å². The summed E-state index contributed by atoms with van der Waals surface area (Å²) in [6.07, 6.45) is 2.29. The fraction of sp³-hybridized carbons (Fsp3) is 0.333. The van der Waals surface area contributed by atoms with Crippen LogP contribution in [0.25, 0.3) is 0 Å². The maximum Gasteiger partial charge on any atom is 0.224 e. The van der Waals surface area contributed by atoms with Gasteiger partial charge in [-0.3, -0.25) is 9.48 Å². The van der Waals surface area contributed by atoms with E-state index in [1.807, 2.05) is 42.2 Å². The predicted octanol–water partition coefficient (Wildman–Crippen LogP) is 1.63. The molecule has 0 saturated heterocycles. The van der Waals surface area contributed by atoms with Gasteiger partial charge in [0.25, 0.3) is 0 Å². The van der Waals surface area contributed by atoms with Gasteiger partial charge >= 0.3 is 0 Å². The van der Waals surface area contributed by atoms with Crippen LogP contribution in [0.2, 0.25) is 0 Å². The quantitative estimate of drug-likeness (QED) is 0.869. The number of nitrogens with one attached hydrogen (secondary N) is 2. The average molecular weight is 272 g/mol. The predicted molar refractivity (Wildman–Crippen MR) is 79.5 cm³/mol. The Hall–Kier alpha value is -2.30. The van der Waals surface area contributed by atoms with Gasteiger partial charge in [-0.1, -0.05) is 12.1 Å². The Morgan fingerprint density at radius 2 is 2.00 bits per heavy atom. The van der Waals surface area contributed by atoms with Crippen LogP contribution in [0.15, 0.2) is 30.5 Å². The Kier molecular flexibility index (Phi) is 4.40. The first-order chi connectivity index (χ1) is 9.60. The average Bonchev–Trinajstić information content (AvgIpc) is 2.78. The normalized spacial score (nSPS) is 10.3. The summed E-state index contributed by atoms with van der Waals surface area (Å²) in [5, 5.41) is 10.2. The zero-order valence-corrected chi connectivity index (χ0v) is 12.1. The number of amides is 1. The zero-order chi connectivity index (χ0) is 14.5. The van der Waals surface area contributed by atoms with Crippen LogP contribution < -0.4 is 10.6 Å². The van der Waals surface area contributed by atoms with Crippen molar-refractivity contribution in [2.24, 2.45) is 7.05 Å². The Bertz CT molecular complexity index is 586. The van der Waals surface area contributed by atoms with Gasteiger partial charge in [0.05, 0.1) is 12.6 Å². The lowest BCUT2D eigenvalue weighted by Crippen LogP contribution is -2.19. The molecule has 0 unspecified atom stereocenters. The molecule has 5 heteroatoms. The van der Waals surface area contributed by atoms with Gasteiger partial charge in [0.2, 0.25) is 5.91 Å². The van der Waals surface area contributed by atoms with Crippen LogP contribution in [0.5, 0.6) is 0 Å². The van der Waals surface area contributed by atoms with E-state index in [9.17, 15) is 4.79 Å². The summed E-state index contributed by atoms with van der Waals surface area (Å²) in [7, 11) is 3.58. The highest BCUT2D eigenvalue weighted by Gasteiger charge is 2.04. The van der Waals surface area contributed by atoms with E-state index in [1.165, 1.54) is 5.56 Å². The second-order valence-corrected chi connectivity index (χ2v) is 4.78. The molecular formula is C15H20N4O. The third-order valence-electron chi connectivity index (χ3n) is 3.42. The van der Waals surface area contributed by atoms with Crippen molar-refractivity contribution in [2.45, 2.75) is 19.9 Å². The molecule has 0 radical (unpaired) electrons. The lowest BCUT2D eigenvalue weighted by Gasteiger charge is -2.07. The minimum atomic E-state index is 0.0247. The monoisotopic (exact) mass is 272 g/mol. The maximum atomic E-state index is 11.3. The molecule has 0 aliphatic carbocycles. The van der Waals surface area contributed by atoms with E-state index in [-0.39, 0.29) is 5.91 Å². The van der Waals surface area contributed by atoms with Crippen molar-refractivity contribution >= 4 is 11.6 Å². The Labute approximate surface area is 119 Å². The molecule has 2 aromatic rings. The van der Waals surface area contributed by atoms with E-state index in [0.717, 1.165) is 23.5 Å². The summed E-state index contributed by atoms with van der Waals surface area (Å²) >= 11 is 0. The van der Waals surface area contributed by atoms with Crippen LogP contribution in [-0.4, -0.2) is 22.7 Å². The molecule has 0 saturated carbocycles. The Morgan fingerprint density at radius 3 is 2.55 bits per heavy atom. The molecule has 106 valence electrons. The first-order valence-corrected chi connectivity index (χ1v) is 6.61. The van der Waals surface area contributed by atoms with Gasteiger partial charge in [-0.2, -0.15) is 5.10 Å². The molecule has 1 aromatic heterocycles. The lowest BCUT2D eigenvalue weighted by molar-refractivity contribution is -0.119.